The lowest BCUT2D eigenvalue weighted by Crippen LogP contribution is -2.33. The van der Waals surface area contributed by atoms with Crippen LogP contribution in [-0.4, -0.2) is 64.2 Å². The largest absolute Gasteiger partial charge is 0.490 e. The quantitative estimate of drug-likeness (QED) is 0.373. The van der Waals surface area contributed by atoms with E-state index in [1.54, 1.807) is 0 Å². The summed E-state index contributed by atoms with van der Waals surface area (Å²) in [6, 6.07) is 7.68. The van der Waals surface area contributed by atoms with Crippen molar-refractivity contribution in [3.05, 3.63) is 41.1 Å². The Balaban J connectivity index is 1.84. The van der Waals surface area contributed by atoms with Gasteiger partial charge >= 0.3 is 0 Å². The number of benzene rings is 1. The molecule has 1 aromatic carbocycles. The first-order valence-electron chi connectivity index (χ1n) is 11.6. The summed E-state index contributed by atoms with van der Waals surface area (Å²) in [6.45, 7) is 5.85. The van der Waals surface area contributed by atoms with Crippen LogP contribution in [0.25, 0.3) is 22.8 Å². The first-order valence-corrected chi connectivity index (χ1v) is 11.6. The highest BCUT2D eigenvalue weighted by atomic mass is 16.5. The van der Waals surface area contributed by atoms with Crippen molar-refractivity contribution in [2.24, 2.45) is 5.73 Å². The highest BCUT2D eigenvalue weighted by Gasteiger charge is 2.20. The van der Waals surface area contributed by atoms with Crippen molar-refractivity contribution in [1.82, 2.24) is 15.1 Å². The van der Waals surface area contributed by atoms with Crippen molar-refractivity contribution in [3.8, 4) is 28.6 Å². The van der Waals surface area contributed by atoms with E-state index < -0.39 is 18.1 Å². The third-order valence-corrected chi connectivity index (χ3v) is 5.59. The fourth-order valence-electron chi connectivity index (χ4n) is 3.63. The molecule has 0 saturated carbocycles. The van der Waals surface area contributed by atoms with Crippen LogP contribution in [0.15, 0.2) is 28.8 Å². The van der Waals surface area contributed by atoms with E-state index in [1.165, 1.54) is 0 Å². The van der Waals surface area contributed by atoms with Crippen molar-refractivity contribution in [2.75, 3.05) is 25.6 Å². The summed E-state index contributed by atoms with van der Waals surface area (Å²) < 4.78 is 11.4. The lowest BCUT2D eigenvalue weighted by molar-refractivity contribution is -0.127. The number of rotatable bonds is 11. The molecule has 10 nitrogen and oxygen atoms in total. The zero-order valence-electron chi connectivity index (χ0n) is 20.8. The number of aliphatic hydroxyl groups is 2. The van der Waals surface area contributed by atoms with E-state index in [0.29, 0.717) is 23.9 Å². The third-order valence-electron chi connectivity index (χ3n) is 5.59. The van der Waals surface area contributed by atoms with Crippen LogP contribution in [0, 0.1) is 6.92 Å². The first-order chi connectivity index (χ1) is 16.6. The number of hydrogen-bond donors (Lipinski definition) is 3. The van der Waals surface area contributed by atoms with Crippen LogP contribution >= 0.6 is 0 Å². The molecule has 0 bridgehead atoms. The van der Waals surface area contributed by atoms with E-state index in [0.717, 1.165) is 40.2 Å². The molecule has 0 aliphatic rings. The predicted octanol–water partition coefficient (Wildman–Crippen LogP) is 2.27. The van der Waals surface area contributed by atoms with Gasteiger partial charge in [0, 0.05) is 37.3 Å². The fraction of sp³-hybridized carbons (Fsp3) is 0.440. The van der Waals surface area contributed by atoms with Gasteiger partial charge in [-0.2, -0.15) is 4.98 Å². The summed E-state index contributed by atoms with van der Waals surface area (Å²) in [5.74, 6) is 1.43. The normalized spacial score (nSPS) is 12.9. The Hall–Kier alpha value is -3.50. The Kier molecular flexibility index (Phi) is 8.42. The van der Waals surface area contributed by atoms with Gasteiger partial charge in [-0.3, -0.25) is 4.79 Å². The Morgan fingerprint density at radius 1 is 1.11 bits per heavy atom. The summed E-state index contributed by atoms with van der Waals surface area (Å²) in [6.07, 6.45) is -1.19. The maximum absolute atomic E-state index is 11.0. The summed E-state index contributed by atoms with van der Waals surface area (Å²) in [5.41, 5.74) is 9.30. The van der Waals surface area contributed by atoms with E-state index >= 15 is 0 Å². The molecular formula is C25H33N5O5. The average Bonchev–Trinajstić information content (AvgIpc) is 3.32. The average molecular weight is 484 g/mol. The van der Waals surface area contributed by atoms with Crippen LogP contribution in [0.4, 0.5) is 5.82 Å². The molecule has 188 valence electrons. The van der Waals surface area contributed by atoms with Gasteiger partial charge in [-0.25, -0.2) is 4.98 Å². The van der Waals surface area contributed by atoms with Gasteiger partial charge in [-0.15, -0.1) is 0 Å². The monoisotopic (exact) mass is 483 g/mol. The minimum absolute atomic E-state index is 0.0834. The lowest BCUT2D eigenvalue weighted by atomic mass is 10.0. The number of aryl methyl sites for hydroxylation is 3. The maximum Gasteiger partial charge on any atom is 0.258 e. The second-order valence-electron chi connectivity index (χ2n) is 8.63. The Morgan fingerprint density at radius 2 is 1.86 bits per heavy atom. The van der Waals surface area contributed by atoms with Crippen LogP contribution in [0.1, 0.15) is 37.1 Å². The van der Waals surface area contributed by atoms with Gasteiger partial charge in [-0.1, -0.05) is 19.0 Å². The lowest BCUT2D eigenvalue weighted by Gasteiger charge is -2.18. The van der Waals surface area contributed by atoms with Crippen LogP contribution in [0.2, 0.25) is 0 Å². The Labute approximate surface area is 204 Å². The van der Waals surface area contributed by atoms with Crippen molar-refractivity contribution in [3.63, 3.8) is 0 Å². The summed E-state index contributed by atoms with van der Waals surface area (Å²) in [4.78, 5) is 22.2. The fourth-order valence-corrected chi connectivity index (χ4v) is 3.63. The number of aliphatic hydroxyl groups excluding tert-OH is 2. The molecule has 0 spiro atoms. The number of pyridine rings is 1. The molecule has 2 aromatic heterocycles. The number of anilines is 1. The van der Waals surface area contributed by atoms with Gasteiger partial charge in [0.25, 0.3) is 5.89 Å². The summed E-state index contributed by atoms with van der Waals surface area (Å²) in [5, 5.41) is 23.8. The summed E-state index contributed by atoms with van der Waals surface area (Å²) >= 11 is 0. The van der Waals surface area contributed by atoms with Crippen molar-refractivity contribution >= 4 is 11.7 Å². The number of nitrogens with two attached hydrogens (primary N) is 1. The maximum atomic E-state index is 11.0. The number of nitrogens with zero attached hydrogens (tertiary/aromatic N) is 4. The van der Waals surface area contributed by atoms with E-state index in [-0.39, 0.29) is 13.0 Å². The van der Waals surface area contributed by atoms with E-state index in [2.05, 4.69) is 15.1 Å². The van der Waals surface area contributed by atoms with E-state index in [9.17, 15) is 15.0 Å². The SMILES string of the molecule is CCc1cc(-c2nc(-c3cc(C)c(OC[C@@H](O)CC(O)C(N)=O)c(CC)c3)no2)cc(N(C)C)n1. The number of hydrogen-bond acceptors (Lipinski definition) is 9. The predicted molar refractivity (Wildman–Crippen MR) is 132 cm³/mol. The first kappa shape index (κ1) is 26.1. The number of carbonyl (C=O) groups is 1. The van der Waals surface area contributed by atoms with Crippen molar-refractivity contribution in [2.45, 2.75) is 52.2 Å². The molecular weight excluding hydrogens is 450 g/mol. The van der Waals surface area contributed by atoms with E-state index in [1.807, 2.05) is 64.0 Å². The molecule has 1 unspecified atom stereocenters. The molecule has 0 saturated heterocycles. The van der Waals surface area contributed by atoms with Crippen molar-refractivity contribution < 1.29 is 24.3 Å². The molecule has 0 aliphatic heterocycles. The molecule has 0 radical (unpaired) electrons. The van der Waals surface area contributed by atoms with Gasteiger partial charge in [0.1, 0.15) is 24.3 Å². The van der Waals surface area contributed by atoms with Gasteiger partial charge in [0.05, 0.1) is 6.10 Å². The Morgan fingerprint density at radius 3 is 2.49 bits per heavy atom. The zero-order valence-corrected chi connectivity index (χ0v) is 20.8. The van der Waals surface area contributed by atoms with Gasteiger partial charge in [-0.05, 0) is 55.2 Å². The Bertz CT molecular complexity index is 1180. The molecule has 2 atom stereocenters. The molecule has 3 rings (SSSR count). The van der Waals surface area contributed by atoms with Crippen LogP contribution in [0.3, 0.4) is 0 Å². The number of amides is 1. The molecule has 4 N–H and O–H groups in total. The van der Waals surface area contributed by atoms with Crippen LogP contribution < -0.4 is 15.4 Å². The number of carbonyl (C=O) groups excluding carboxylic acids is 1. The van der Waals surface area contributed by atoms with Gasteiger partial charge in [0.15, 0.2) is 0 Å². The second-order valence-corrected chi connectivity index (χ2v) is 8.63. The highest BCUT2D eigenvalue weighted by molar-refractivity contribution is 5.78. The topological polar surface area (TPSA) is 148 Å². The highest BCUT2D eigenvalue weighted by Crippen LogP contribution is 2.32. The molecule has 0 fully saturated rings. The van der Waals surface area contributed by atoms with Gasteiger partial charge in [0.2, 0.25) is 11.7 Å². The van der Waals surface area contributed by atoms with Crippen LogP contribution in [0.5, 0.6) is 5.75 Å². The van der Waals surface area contributed by atoms with E-state index in [4.69, 9.17) is 15.0 Å². The standard InChI is InChI=1S/C25H33N5O5/c1-6-15-9-16(8-14(3)22(15)34-13-19(31)12-20(32)23(26)33)24-28-25(35-29-24)17-10-18(7-2)27-21(11-17)30(4)5/h8-11,19-20,31-32H,6-7,12-13H2,1-5H3,(H2,26,33)/t19-,20?/m0/s1. The minimum atomic E-state index is -1.42. The minimum Gasteiger partial charge on any atom is -0.490 e. The smallest absolute Gasteiger partial charge is 0.258 e. The molecule has 0 aliphatic carbocycles. The van der Waals surface area contributed by atoms with Gasteiger partial charge < -0.3 is 30.1 Å². The third kappa shape index (κ3) is 6.34. The summed E-state index contributed by atoms with van der Waals surface area (Å²) in [7, 11) is 3.87. The second kappa shape index (κ2) is 11.3. The number of primary amides is 1. The van der Waals surface area contributed by atoms with Crippen LogP contribution in [-0.2, 0) is 17.6 Å². The number of aromatic nitrogens is 3. The van der Waals surface area contributed by atoms with Crippen molar-refractivity contribution in [1.29, 1.82) is 0 Å². The zero-order chi connectivity index (χ0) is 25.7. The molecule has 35 heavy (non-hydrogen) atoms. The molecule has 1 amide bonds. The molecule has 3 aromatic rings. The molecule has 2 heterocycles. The number of ether oxygens (including phenoxy) is 1. The molecule has 10 heteroatoms.